The lowest BCUT2D eigenvalue weighted by atomic mass is 10.1. The number of rotatable bonds is 2. The number of hydrogen-bond donors (Lipinski definition) is 1. The van der Waals surface area contributed by atoms with E-state index in [1.54, 1.807) is 18.2 Å². The van der Waals surface area contributed by atoms with E-state index >= 15 is 0 Å². The maximum Gasteiger partial charge on any atom is 0.175 e. The highest BCUT2D eigenvalue weighted by Crippen LogP contribution is 2.25. The van der Waals surface area contributed by atoms with Gasteiger partial charge < -0.3 is 4.98 Å². The minimum Gasteiger partial charge on any atom is -0.338 e. The third-order valence-corrected chi connectivity index (χ3v) is 4.85. The molecule has 0 unspecified atom stereocenters. The highest BCUT2D eigenvalue weighted by atomic mass is 35.5. The highest BCUT2D eigenvalue weighted by Gasteiger charge is 2.11. The summed E-state index contributed by atoms with van der Waals surface area (Å²) < 4.78 is 23.2. The SMILES string of the molecule is Cc1cc(-c2nc3ccc(S(C)(=O)=O)cc3[nH]2)ccc1Cl. The van der Waals surface area contributed by atoms with E-state index in [1.807, 2.05) is 25.1 Å². The molecule has 0 aliphatic carbocycles. The van der Waals surface area contributed by atoms with Gasteiger partial charge >= 0.3 is 0 Å². The summed E-state index contributed by atoms with van der Waals surface area (Å²) in [6, 6.07) is 10.5. The first-order chi connectivity index (χ1) is 9.84. The molecule has 0 amide bonds. The van der Waals surface area contributed by atoms with E-state index in [0.29, 0.717) is 16.4 Å². The van der Waals surface area contributed by atoms with Gasteiger partial charge in [0.05, 0.1) is 15.9 Å². The number of aromatic amines is 1. The predicted octanol–water partition coefficient (Wildman–Crippen LogP) is 3.60. The minimum absolute atomic E-state index is 0.275. The summed E-state index contributed by atoms with van der Waals surface area (Å²) in [5.74, 6) is 0.690. The molecule has 1 N–H and O–H groups in total. The van der Waals surface area contributed by atoms with Gasteiger partial charge in [-0.2, -0.15) is 0 Å². The molecule has 0 spiro atoms. The second-order valence-corrected chi connectivity index (χ2v) is 7.42. The molecule has 3 rings (SSSR count). The summed E-state index contributed by atoms with van der Waals surface area (Å²) in [4.78, 5) is 7.91. The van der Waals surface area contributed by atoms with Crippen molar-refractivity contribution in [2.24, 2.45) is 0 Å². The third kappa shape index (κ3) is 2.66. The van der Waals surface area contributed by atoms with Crippen molar-refractivity contribution in [3.63, 3.8) is 0 Å². The van der Waals surface area contributed by atoms with Crippen molar-refractivity contribution in [2.75, 3.05) is 6.26 Å². The summed E-state index contributed by atoms with van der Waals surface area (Å²) in [6.45, 7) is 1.93. The Labute approximate surface area is 127 Å². The van der Waals surface area contributed by atoms with Crippen molar-refractivity contribution in [2.45, 2.75) is 11.8 Å². The first kappa shape index (κ1) is 14.1. The van der Waals surface area contributed by atoms with Gasteiger partial charge in [-0.15, -0.1) is 0 Å². The molecule has 108 valence electrons. The van der Waals surface area contributed by atoms with E-state index in [9.17, 15) is 8.42 Å². The van der Waals surface area contributed by atoms with Gasteiger partial charge in [0.25, 0.3) is 0 Å². The van der Waals surface area contributed by atoms with Crippen LogP contribution < -0.4 is 0 Å². The number of fused-ring (bicyclic) bond motifs is 1. The fourth-order valence-corrected chi connectivity index (χ4v) is 2.91. The van der Waals surface area contributed by atoms with Crippen LogP contribution in [0.2, 0.25) is 5.02 Å². The van der Waals surface area contributed by atoms with Gasteiger partial charge in [-0.3, -0.25) is 0 Å². The zero-order chi connectivity index (χ0) is 15.2. The number of aromatic nitrogens is 2. The van der Waals surface area contributed by atoms with Gasteiger partial charge in [0.1, 0.15) is 5.82 Å². The molecule has 3 aromatic rings. The highest BCUT2D eigenvalue weighted by molar-refractivity contribution is 7.90. The molecule has 0 aliphatic heterocycles. The van der Waals surface area contributed by atoms with Crippen LogP contribution in [0.15, 0.2) is 41.3 Å². The lowest BCUT2D eigenvalue weighted by Gasteiger charge is -2.00. The van der Waals surface area contributed by atoms with Gasteiger partial charge in [-0.1, -0.05) is 11.6 Å². The molecule has 0 radical (unpaired) electrons. The molecule has 2 aromatic carbocycles. The summed E-state index contributed by atoms with van der Waals surface area (Å²) >= 11 is 6.02. The smallest absolute Gasteiger partial charge is 0.175 e. The molecule has 0 atom stereocenters. The molecule has 0 bridgehead atoms. The van der Waals surface area contributed by atoms with Crippen LogP contribution in [0.4, 0.5) is 0 Å². The van der Waals surface area contributed by atoms with E-state index in [1.165, 1.54) is 6.26 Å². The maximum atomic E-state index is 11.6. The van der Waals surface area contributed by atoms with Crippen molar-refractivity contribution < 1.29 is 8.42 Å². The first-order valence-electron chi connectivity index (χ1n) is 6.31. The zero-order valence-corrected chi connectivity index (χ0v) is 13.1. The topological polar surface area (TPSA) is 62.8 Å². The van der Waals surface area contributed by atoms with E-state index in [4.69, 9.17) is 11.6 Å². The molecule has 0 saturated heterocycles. The lowest BCUT2D eigenvalue weighted by Crippen LogP contribution is -1.96. The van der Waals surface area contributed by atoms with Gasteiger partial charge in [-0.05, 0) is 48.9 Å². The predicted molar refractivity (Wildman–Crippen MR) is 84.4 cm³/mol. The van der Waals surface area contributed by atoms with Gasteiger partial charge in [-0.25, -0.2) is 13.4 Å². The quantitative estimate of drug-likeness (QED) is 0.784. The van der Waals surface area contributed by atoms with E-state index in [0.717, 1.165) is 16.6 Å². The monoisotopic (exact) mass is 320 g/mol. The van der Waals surface area contributed by atoms with Crippen LogP contribution in [0, 0.1) is 6.92 Å². The Kier molecular flexibility index (Phi) is 3.26. The molecular formula is C15H13ClN2O2S. The van der Waals surface area contributed by atoms with Crippen LogP contribution in [0.25, 0.3) is 22.4 Å². The van der Waals surface area contributed by atoms with Crippen LogP contribution in [0.3, 0.4) is 0 Å². The second-order valence-electron chi connectivity index (χ2n) is 5.00. The van der Waals surface area contributed by atoms with Gasteiger partial charge in [0.2, 0.25) is 0 Å². The van der Waals surface area contributed by atoms with Crippen molar-refractivity contribution >= 4 is 32.5 Å². The Morgan fingerprint density at radius 3 is 2.57 bits per heavy atom. The molecule has 21 heavy (non-hydrogen) atoms. The number of imidazole rings is 1. The van der Waals surface area contributed by atoms with E-state index < -0.39 is 9.84 Å². The van der Waals surface area contributed by atoms with Crippen molar-refractivity contribution in [3.05, 3.63) is 47.0 Å². The molecule has 0 fully saturated rings. The summed E-state index contributed by atoms with van der Waals surface area (Å²) in [6.07, 6.45) is 1.19. The lowest BCUT2D eigenvalue weighted by molar-refractivity contribution is 0.602. The van der Waals surface area contributed by atoms with Crippen LogP contribution in [0.5, 0.6) is 0 Å². The Balaban J connectivity index is 2.14. The zero-order valence-electron chi connectivity index (χ0n) is 11.5. The fraction of sp³-hybridized carbons (Fsp3) is 0.133. The van der Waals surface area contributed by atoms with Crippen LogP contribution >= 0.6 is 11.6 Å². The number of H-pyrrole nitrogens is 1. The van der Waals surface area contributed by atoms with Crippen LogP contribution in [0.1, 0.15) is 5.56 Å². The number of benzene rings is 2. The summed E-state index contributed by atoms with van der Waals surface area (Å²) in [5.41, 5.74) is 3.30. The average Bonchev–Trinajstić information content (AvgIpc) is 2.83. The molecule has 4 nitrogen and oxygen atoms in total. The van der Waals surface area contributed by atoms with Crippen LogP contribution in [-0.4, -0.2) is 24.6 Å². The Hall–Kier alpha value is -1.85. The van der Waals surface area contributed by atoms with Crippen molar-refractivity contribution in [1.82, 2.24) is 9.97 Å². The second kappa shape index (κ2) is 4.86. The normalized spacial score (nSPS) is 12.0. The summed E-state index contributed by atoms with van der Waals surface area (Å²) in [7, 11) is -3.23. The number of nitrogens with zero attached hydrogens (tertiary/aromatic N) is 1. The average molecular weight is 321 g/mol. The Morgan fingerprint density at radius 2 is 1.90 bits per heavy atom. The van der Waals surface area contributed by atoms with Crippen molar-refractivity contribution in [3.8, 4) is 11.4 Å². The Morgan fingerprint density at radius 1 is 1.14 bits per heavy atom. The minimum atomic E-state index is -3.23. The number of aryl methyl sites for hydroxylation is 1. The van der Waals surface area contributed by atoms with E-state index in [2.05, 4.69) is 9.97 Å². The third-order valence-electron chi connectivity index (χ3n) is 3.31. The van der Waals surface area contributed by atoms with Crippen molar-refractivity contribution in [1.29, 1.82) is 0 Å². The number of nitrogens with one attached hydrogen (secondary N) is 1. The Bertz CT molecular complexity index is 945. The van der Waals surface area contributed by atoms with Gasteiger partial charge in [0, 0.05) is 16.8 Å². The molecule has 0 saturated carbocycles. The van der Waals surface area contributed by atoms with Crippen LogP contribution in [-0.2, 0) is 9.84 Å². The molecule has 1 heterocycles. The first-order valence-corrected chi connectivity index (χ1v) is 8.58. The maximum absolute atomic E-state index is 11.6. The number of hydrogen-bond acceptors (Lipinski definition) is 3. The molecule has 1 aromatic heterocycles. The number of halogens is 1. The molecule has 0 aliphatic rings. The van der Waals surface area contributed by atoms with Gasteiger partial charge in [0.15, 0.2) is 9.84 Å². The van der Waals surface area contributed by atoms with E-state index in [-0.39, 0.29) is 4.90 Å². The number of sulfone groups is 1. The standard InChI is InChI=1S/C15H13ClN2O2S/c1-9-7-10(3-5-12(9)16)15-17-13-6-4-11(21(2,19)20)8-14(13)18-15/h3-8H,1-2H3,(H,17,18). The fourth-order valence-electron chi connectivity index (χ4n) is 2.15. The largest absolute Gasteiger partial charge is 0.338 e. The molecule has 6 heteroatoms. The molecular weight excluding hydrogens is 308 g/mol. The summed E-state index contributed by atoms with van der Waals surface area (Å²) in [5, 5.41) is 0.703.